The van der Waals surface area contributed by atoms with E-state index in [1.165, 1.54) is 25.0 Å². The molecule has 120 valence electrons. The van der Waals surface area contributed by atoms with Crippen LogP contribution in [0, 0.1) is 11.7 Å². The van der Waals surface area contributed by atoms with Crippen molar-refractivity contribution in [3.63, 3.8) is 0 Å². The molecule has 6 heteroatoms. The van der Waals surface area contributed by atoms with Crippen LogP contribution in [0.15, 0.2) is 22.7 Å². The molecule has 1 saturated heterocycles. The molecule has 21 heavy (non-hydrogen) atoms. The molecule has 0 aliphatic carbocycles. The quantitative estimate of drug-likeness (QED) is 0.818. The summed E-state index contributed by atoms with van der Waals surface area (Å²) in [5.41, 5.74) is 0. The van der Waals surface area contributed by atoms with E-state index < -0.39 is 0 Å². The van der Waals surface area contributed by atoms with Crippen LogP contribution in [0.1, 0.15) is 12.8 Å². The van der Waals surface area contributed by atoms with Gasteiger partial charge in [0.25, 0.3) is 0 Å². The van der Waals surface area contributed by atoms with Gasteiger partial charge in [0.05, 0.1) is 0 Å². The standard InChI is InChI=1S/C15H22BrFN2O.ClH/c1-18-11-12-2-4-19(5-3-12)6-7-20-15-9-13(16)8-14(17)10-15;/h8-10,12,18H,2-7,11H2,1H3;1H. The maximum Gasteiger partial charge on any atom is 0.128 e. The van der Waals surface area contributed by atoms with E-state index in [0.717, 1.165) is 32.1 Å². The monoisotopic (exact) mass is 380 g/mol. The second kappa shape index (κ2) is 9.62. The summed E-state index contributed by atoms with van der Waals surface area (Å²) >= 11 is 3.27. The van der Waals surface area contributed by atoms with Crippen LogP contribution >= 0.6 is 28.3 Å². The SMILES string of the molecule is CNCC1CCN(CCOc2cc(F)cc(Br)c2)CC1.Cl. The summed E-state index contributed by atoms with van der Waals surface area (Å²) in [5.74, 6) is 1.11. The minimum atomic E-state index is -0.276. The molecule has 1 heterocycles. The van der Waals surface area contributed by atoms with Gasteiger partial charge in [-0.25, -0.2) is 4.39 Å². The molecule has 0 spiro atoms. The Kier molecular flexibility index (Phi) is 8.56. The highest BCUT2D eigenvalue weighted by molar-refractivity contribution is 9.10. The molecule has 0 saturated carbocycles. The summed E-state index contributed by atoms with van der Waals surface area (Å²) in [5, 5.41) is 3.24. The van der Waals surface area contributed by atoms with Crippen LogP contribution in [0.3, 0.4) is 0 Å². The fourth-order valence-corrected chi connectivity index (χ4v) is 3.05. The molecule has 0 radical (unpaired) electrons. The van der Waals surface area contributed by atoms with Crippen molar-refractivity contribution in [2.45, 2.75) is 12.8 Å². The normalized spacial score (nSPS) is 16.5. The molecule has 1 N–H and O–H groups in total. The molecule has 0 amide bonds. The average molecular weight is 382 g/mol. The van der Waals surface area contributed by atoms with E-state index in [0.29, 0.717) is 16.8 Å². The van der Waals surface area contributed by atoms with Crippen molar-refractivity contribution in [2.24, 2.45) is 5.92 Å². The van der Waals surface area contributed by atoms with Crippen LogP contribution in [-0.4, -0.2) is 44.7 Å². The third-order valence-electron chi connectivity index (χ3n) is 3.71. The van der Waals surface area contributed by atoms with Gasteiger partial charge < -0.3 is 10.1 Å². The smallest absolute Gasteiger partial charge is 0.128 e. The third kappa shape index (κ3) is 6.51. The molecule has 0 atom stereocenters. The third-order valence-corrected chi connectivity index (χ3v) is 4.17. The molecular weight excluding hydrogens is 359 g/mol. The fraction of sp³-hybridized carbons (Fsp3) is 0.600. The Morgan fingerprint density at radius 1 is 1.33 bits per heavy atom. The number of benzene rings is 1. The highest BCUT2D eigenvalue weighted by atomic mass is 79.9. The van der Waals surface area contributed by atoms with Crippen molar-refractivity contribution in [3.8, 4) is 5.75 Å². The maximum atomic E-state index is 13.2. The van der Waals surface area contributed by atoms with Gasteiger partial charge in [0.2, 0.25) is 0 Å². The Labute approximate surface area is 140 Å². The van der Waals surface area contributed by atoms with E-state index in [1.807, 2.05) is 7.05 Å². The Bertz CT molecular complexity index is 408. The Morgan fingerprint density at radius 2 is 2.05 bits per heavy atom. The number of piperidine rings is 1. The second-order valence-corrected chi connectivity index (χ2v) is 6.21. The zero-order valence-electron chi connectivity index (χ0n) is 12.3. The summed E-state index contributed by atoms with van der Waals surface area (Å²) in [4.78, 5) is 2.42. The Morgan fingerprint density at radius 3 is 2.67 bits per heavy atom. The lowest BCUT2D eigenvalue weighted by atomic mass is 9.97. The lowest BCUT2D eigenvalue weighted by Gasteiger charge is -2.31. The van der Waals surface area contributed by atoms with Gasteiger partial charge in [0, 0.05) is 17.1 Å². The molecule has 0 bridgehead atoms. The Hall–Kier alpha value is -0.360. The summed E-state index contributed by atoms with van der Waals surface area (Å²) in [6.45, 7) is 4.87. The lowest BCUT2D eigenvalue weighted by molar-refractivity contribution is 0.154. The van der Waals surface area contributed by atoms with Gasteiger partial charge in [-0.1, -0.05) is 15.9 Å². The second-order valence-electron chi connectivity index (χ2n) is 5.30. The molecular formula is C15H23BrClFN2O. The van der Waals surface area contributed by atoms with Gasteiger partial charge in [-0.3, -0.25) is 4.90 Å². The molecule has 1 aromatic rings. The molecule has 1 fully saturated rings. The first kappa shape index (κ1) is 18.7. The average Bonchev–Trinajstić information content (AvgIpc) is 2.40. The molecule has 1 aliphatic rings. The predicted molar refractivity (Wildman–Crippen MR) is 89.9 cm³/mol. The predicted octanol–water partition coefficient (Wildman–Crippen LogP) is 3.32. The minimum Gasteiger partial charge on any atom is -0.492 e. The molecule has 3 nitrogen and oxygen atoms in total. The maximum absolute atomic E-state index is 13.2. The van der Waals surface area contributed by atoms with E-state index in [1.54, 1.807) is 6.07 Å². The summed E-state index contributed by atoms with van der Waals surface area (Å²) in [6.07, 6.45) is 2.48. The van der Waals surface area contributed by atoms with Crippen molar-refractivity contribution >= 4 is 28.3 Å². The number of hydrogen-bond donors (Lipinski definition) is 1. The first-order valence-electron chi connectivity index (χ1n) is 7.13. The number of ether oxygens (including phenoxy) is 1. The molecule has 2 rings (SSSR count). The van der Waals surface area contributed by atoms with Crippen LogP contribution < -0.4 is 10.1 Å². The zero-order valence-corrected chi connectivity index (χ0v) is 14.7. The topological polar surface area (TPSA) is 24.5 Å². The van der Waals surface area contributed by atoms with Crippen molar-refractivity contribution in [1.82, 2.24) is 10.2 Å². The van der Waals surface area contributed by atoms with Crippen molar-refractivity contribution in [1.29, 1.82) is 0 Å². The molecule has 1 aromatic carbocycles. The number of hydrogen-bond acceptors (Lipinski definition) is 3. The highest BCUT2D eigenvalue weighted by Crippen LogP contribution is 2.21. The van der Waals surface area contributed by atoms with Gasteiger partial charge in [-0.05, 0) is 57.6 Å². The first-order chi connectivity index (χ1) is 9.67. The number of nitrogens with one attached hydrogen (secondary N) is 1. The van der Waals surface area contributed by atoms with Crippen LogP contribution in [0.5, 0.6) is 5.75 Å². The van der Waals surface area contributed by atoms with E-state index in [9.17, 15) is 4.39 Å². The van der Waals surface area contributed by atoms with Crippen LogP contribution in [0.2, 0.25) is 0 Å². The number of rotatable bonds is 6. The van der Waals surface area contributed by atoms with Crippen LogP contribution in [0.4, 0.5) is 4.39 Å². The van der Waals surface area contributed by atoms with E-state index in [4.69, 9.17) is 4.74 Å². The zero-order chi connectivity index (χ0) is 14.4. The summed E-state index contributed by atoms with van der Waals surface area (Å²) in [7, 11) is 2.01. The van der Waals surface area contributed by atoms with E-state index in [-0.39, 0.29) is 18.2 Å². The van der Waals surface area contributed by atoms with Crippen LogP contribution in [0.25, 0.3) is 0 Å². The first-order valence-corrected chi connectivity index (χ1v) is 7.92. The molecule has 0 unspecified atom stereocenters. The van der Waals surface area contributed by atoms with E-state index >= 15 is 0 Å². The van der Waals surface area contributed by atoms with Gasteiger partial charge >= 0.3 is 0 Å². The van der Waals surface area contributed by atoms with Gasteiger partial charge in [-0.15, -0.1) is 12.4 Å². The van der Waals surface area contributed by atoms with Gasteiger partial charge in [0.15, 0.2) is 0 Å². The summed E-state index contributed by atoms with van der Waals surface area (Å²) in [6, 6.07) is 4.64. The number of halogens is 3. The number of nitrogens with zero attached hydrogens (tertiary/aromatic N) is 1. The molecule has 1 aliphatic heterocycles. The Balaban J connectivity index is 0.00000220. The summed E-state index contributed by atoms with van der Waals surface area (Å²) < 4.78 is 19.5. The fourth-order valence-electron chi connectivity index (χ4n) is 2.61. The minimum absolute atomic E-state index is 0. The van der Waals surface area contributed by atoms with E-state index in [2.05, 4.69) is 26.1 Å². The highest BCUT2D eigenvalue weighted by Gasteiger charge is 2.18. The lowest BCUT2D eigenvalue weighted by Crippen LogP contribution is -2.38. The van der Waals surface area contributed by atoms with Crippen molar-refractivity contribution in [2.75, 3.05) is 39.8 Å². The molecule has 0 aromatic heterocycles. The largest absolute Gasteiger partial charge is 0.492 e. The van der Waals surface area contributed by atoms with Crippen molar-refractivity contribution in [3.05, 3.63) is 28.5 Å². The van der Waals surface area contributed by atoms with Crippen LogP contribution in [-0.2, 0) is 0 Å². The van der Waals surface area contributed by atoms with Gasteiger partial charge in [-0.2, -0.15) is 0 Å². The number of likely N-dealkylation sites (tertiary alicyclic amines) is 1. The van der Waals surface area contributed by atoms with Gasteiger partial charge in [0.1, 0.15) is 18.2 Å². The van der Waals surface area contributed by atoms with Crippen molar-refractivity contribution < 1.29 is 9.13 Å².